The number of nitrogens with one attached hydrogen (secondary N) is 1. The Hall–Kier alpha value is -1.18. The first-order chi connectivity index (χ1) is 8.88. The van der Waals surface area contributed by atoms with Gasteiger partial charge in [0.25, 0.3) is 0 Å². The van der Waals surface area contributed by atoms with E-state index in [9.17, 15) is 0 Å². The molecule has 0 unspecified atom stereocenters. The molecular formula is C16H27NO. The molecule has 0 aliphatic carbocycles. The number of rotatable bonds is 10. The minimum atomic E-state index is 0.811. The Kier molecular flexibility index (Phi) is 8.11. The van der Waals surface area contributed by atoms with Crippen molar-refractivity contribution in [1.29, 1.82) is 0 Å². The predicted molar refractivity (Wildman–Crippen MR) is 79.5 cm³/mol. The second-order valence-electron chi connectivity index (χ2n) is 4.69. The van der Waals surface area contributed by atoms with Gasteiger partial charge in [-0.2, -0.15) is 0 Å². The van der Waals surface area contributed by atoms with Crippen LogP contribution < -0.4 is 10.1 Å². The Bertz CT molecular complexity index is 312. The molecule has 0 radical (unpaired) electrons. The lowest BCUT2D eigenvalue weighted by Gasteiger charge is -2.12. The van der Waals surface area contributed by atoms with Crippen LogP contribution in [0.2, 0.25) is 0 Å². The van der Waals surface area contributed by atoms with E-state index in [1.165, 1.54) is 32.1 Å². The molecular weight excluding hydrogens is 222 g/mol. The monoisotopic (exact) mass is 249 g/mol. The van der Waals surface area contributed by atoms with Gasteiger partial charge >= 0.3 is 0 Å². The summed E-state index contributed by atoms with van der Waals surface area (Å²) < 4.78 is 5.79. The molecule has 1 rings (SSSR count). The van der Waals surface area contributed by atoms with Gasteiger partial charge in [0.1, 0.15) is 5.75 Å². The van der Waals surface area contributed by atoms with Gasteiger partial charge in [-0.3, -0.25) is 0 Å². The first kappa shape index (κ1) is 14.9. The molecule has 2 nitrogen and oxygen atoms in total. The number of para-hydroxylation sites is 2. The van der Waals surface area contributed by atoms with Gasteiger partial charge in [0.15, 0.2) is 0 Å². The van der Waals surface area contributed by atoms with Crippen molar-refractivity contribution in [2.24, 2.45) is 0 Å². The Morgan fingerprint density at radius 2 is 1.72 bits per heavy atom. The van der Waals surface area contributed by atoms with Crippen molar-refractivity contribution < 1.29 is 4.74 Å². The molecule has 0 amide bonds. The van der Waals surface area contributed by atoms with Crippen molar-refractivity contribution >= 4 is 5.69 Å². The Balaban J connectivity index is 2.33. The van der Waals surface area contributed by atoms with Crippen molar-refractivity contribution in [3.63, 3.8) is 0 Å². The van der Waals surface area contributed by atoms with Crippen LogP contribution in [0.3, 0.4) is 0 Å². The molecule has 0 bridgehead atoms. The number of unbranched alkanes of at least 4 members (excludes halogenated alkanes) is 4. The normalized spacial score (nSPS) is 10.3. The van der Waals surface area contributed by atoms with Crippen molar-refractivity contribution in [2.75, 3.05) is 18.5 Å². The molecule has 1 aromatic rings. The summed E-state index contributed by atoms with van der Waals surface area (Å²) in [7, 11) is 0. The SMILES string of the molecule is CCCCCCNc1ccccc1OCCCC. The zero-order valence-electron chi connectivity index (χ0n) is 11.9. The van der Waals surface area contributed by atoms with Gasteiger partial charge in [0.2, 0.25) is 0 Å². The van der Waals surface area contributed by atoms with E-state index in [4.69, 9.17) is 4.74 Å². The van der Waals surface area contributed by atoms with Crippen LogP contribution in [0.1, 0.15) is 52.4 Å². The Labute approximate surface area is 112 Å². The lowest BCUT2D eigenvalue weighted by molar-refractivity contribution is 0.310. The number of hydrogen-bond donors (Lipinski definition) is 1. The summed E-state index contributed by atoms with van der Waals surface area (Å²) in [6, 6.07) is 8.23. The number of anilines is 1. The van der Waals surface area contributed by atoms with Gasteiger partial charge in [-0.05, 0) is 25.0 Å². The first-order valence-corrected chi connectivity index (χ1v) is 7.34. The predicted octanol–water partition coefficient (Wildman–Crippen LogP) is 4.86. The largest absolute Gasteiger partial charge is 0.491 e. The fraction of sp³-hybridized carbons (Fsp3) is 0.625. The van der Waals surface area contributed by atoms with Crippen LogP contribution >= 0.6 is 0 Å². The second-order valence-corrected chi connectivity index (χ2v) is 4.69. The summed E-state index contributed by atoms with van der Waals surface area (Å²) >= 11 is 0. The Morgan fingerprint density at radius 3 is 2.50 bits per heavy atom. The standard InChI is InChI=1S/C16H27NO/c1-3-5-7-10-13-17-15-11-8-9-12-16(15)18-14-6-4-2/h8-9,11-12,17H,3-7,10,13-14H2,1-2H3. The number of ether oxygens (including phenoxy) is 1. The minimum absolute atomic E-state index is 0.811. The maximum atomic E-state index is 5.79. The van der Waals surface area contributed by atoms with E-state index < -0.39 is 0 Å². The van der Waals surface area contributed by atoms with Gasteiger partial charge in [-0.25, -0.2) is 0 Å². The first-order valence-electron chi connectivity index (χ1n) is 7.34. The van der Waals surface area contributed by atoms with Crippen LogP contribution in [-0.4, -0.2) is 13.2 Å². The van der Waals surface area contributed by atoms with E-state index in [0.29, 0.717) is 0 Å². The molecule has 18 heavy (non-hydrogen) atoms. The molecule has 0 aromatic heterocycles. The van der Waals surface area contributed by atoms with Gasteiger partial charge in [-0.1, -0.05) is 51.7 Å². The van der Waals surface area contributed by atoms with Crippen LogP contribution in [0.15, 0.2) is 24.3 Å². The topological polar surface area (TPSA) is 21.3 Å². The summed E-state index contributed by atoms with van der Waals surface area (Å²) in [6.07, 6.45) is 7.45. The molecule has 102 valence electrons. The van der Waals surface area contributed by atoms with Crippen LogP contribution in [-0.2, 0) is 0 Å². The molecule has 0 spiro atoms. The highest BCUT2D eigenvalue weighted by molar-refractivity contribution is 5.56. The number of benzene rings is 1. The summed E-state index contributed by atoms with van der Waals surface area (Å²) in [5.74, 6) is 0.987. The number of hydrogen-bond acceptors (Lipinski definition) is 2. The highest BCUT2D eigenvalue weighted by Crippen LogP contribution is 2.23. The maximum Gasteiger partial charge on any atom is 0.142 e. The summed E-state index contributed by atoms with van der Waals surface area (Å²) in [6.45, 7) is 6.27. The zero-order valence-corrected chi connectivity index (χ0v) is 11.9. The third kappa shape index (κ3) is 5.95. The molecule has 0 atom stereocenters. The smallest absolute Gasteiger partial charge is 0.142 e. The van der Waals surface area contributed by atoms with Gasteiger partial charge < -0.3 is 10.1 Å². The van der Waals surface area contributed by atoms with Crippen LogP contribution in [0.5, 0.6) is 5.75 Å². The summed E-state index contributed by atoms with van der Waals surface area (Å²) in [5.41, 5.74) is 1.13. The van der Waals surface area contributed by atoms with Crippen LogP contribution in [0.25, 0.3) is 0 Å². The Morgan fingerprint density at radius 1 is 0.944 bits per heavy atom. The lowest BCUT2D eigenvalue weighted by Crippen LogP contribution is -2.05. The average Bonchev–Trinajstić information content (AvgIpc) is 2.40. The lowest BCUT2D eigenvalue weighted by atomic mass is 10.2. The molecule has 0 aliphatic heterocycles. The molecule has 0 heterocycles. The van der Waals surface area contributed by atoms with E-state index in [1.54, 1.807) is 0 Å². The van der Waals surface area contributed by atoms with E-state index in [0.717, 1.165) is 31.0 Å². The van der Waals surface area contributed by atoms with Crippen molar-refractivity contribution in [3.8, 4) is 5.75 Å². The van der Waals surface area contributed by atoms with Crippen molar-refractivity contribution in [1.82, 2.24) is 0 Å². The molecule has 1 N–H and O–H groups in total. The van der Waals surface area contributed by atoms with Gasteiger partial charge in [0, 0.05) is 6.54 Å². The third-order valence-corrected chi connectivity index (χ3v) is 2.99. The maximum absolute atomic E-state index is 5.79. The second kappa shape index (κ2) is 9.81. The molecule has 0 saturated heterocycles. The van der Waals surface area contributed by atoms with E-state index in [1.807, 2.05) is 12.1 Å². The zero-order chi connectivity index (χ0) is 13.1. The quantitative estimate of drug-likeness (QED) is 0.598. The van der Waals surface area contributed by atoms with E-state index >= 15 is 0 Å². The van der Waals surface area contributed by atoms with Crippen LogP contribution in [0.4, 0.5) is 5.69 Å². The van der Waals surface area contributed by atoms with Crippen LogP contribution in [0, 0.1) is 0 Å². The van der Waals surface area contributed by atoms with Crippen molar-refractivity contribution in [2.45, 2.75) is 52.4 Å². The van der Waals surface area contributed by atoms with E-state index in [2.05, 4.69) is 31.3 Å². The molecule has 1 aromatic carbocycles. The fourth-order valence-corrected chi connectivity index (χ4v) is 1.84. The highest BCUT2D eigenvalue weighted by Gasteiger charge is 2.01. The summed E-state index contributed by atoms with van der Waals surface area (Å²) in [4.78, 5) is 0. The average molecular weight is 249 g/mol. The highest BCUT2D eigenvalue weighted by atomic mass is 16.5. The minimum Gasteiger partial charge on any atom is -0.491 e. The van der Waals surface area contributed by atoms with Gasteiger partial charge in [0.05, 0.1) is 12.3 Å². The van der Waals surface area contributed by atoms with Crippen molar-refractivity contribution in [3.05, 3.63) is 24.3 Å². The molecule has 0 fully saturated rings. The molecule has 0 aliphatic rings. The molecule has 2 heteroatoms. The third-order valence-electron chi connectivity index (χ3n) is 2.99. The van der Waals surface area contributed by atoms with E-state index in [-0.39, 0.29) is 0 Å². The molecule has 0 saturated carbocycles. The fourth-order valence-electron chi connectivity index (χ4n) is 1.84. The summed E-state index contributed by atoms with van der Waals surface area (Å²) in [5, 5.41) is 3.47. The van der Waals surface area contributed by atoms with Gasteiger partial charge in [-0.15, -0.1) is 0 Å².